The van der Waals surface area contributed by atoms with E-state index in [-0.39, 0.29) is 11.4 Å². The lowest BCUT2D eigenvalue weighted by Gasteiger charge is -2.34. The number of H-pyrrole nitrogens is 1. The van der Waals surface area contributed by atoms with Gasteiger partial charge in [0.25, 0.3) is 5.56 Å². The van der Waals surface area contributed by atoms with Crippen LogP contribution >= 0.6 is 0 Å². The fraction of sp³-hybridized carbons (Fsp3) is 0.261. The van der Waals surface area contributed by atoms with Crippen molar-refractivity contribution in [1.82, 2.24) is 24.9 Å². The first-order valence-corrected chi connectivity index (χ1v) is 10.5. The van der Waals surface area contributed by atoms with Gasteiger partial charge in [0.05, 0.1) is 12.6 Å². The topological polar surface area (TPSA) is 79.3 Å². The van der Waals surface area contributed by atoms with E-state index in [1.807, 2.05) is 24.3 Å². The summed E-state index contributed by atoms with van der Waals surface area (Å²) in [5.41, 5.74) is 2.36. The van der Waals surface area contributed by atoms with E-state index >= 15 is 0 Å². The lowest BCUT2D eigenvalue weighted by Crippen LogP contribution is -2.44. The number of fused-ring (bicyclic) bond motifs is 1. The van der Waals surface area contributed by atoms with Crippen LogP contribution in [0.15, 0.2) is 47.3 Å². The third-order valence-electron chi connectivity index (χ3n) is 5.88. The molecular formula is C23H22F2N6O2. The van der Waals surface area contributed by atoms with Crippen LogP contribution < -0.4 is 15.2 Å². The highest BCUT2D eigenvalue weighted by atomic mass is 19.1. The number of nitrogens with one attached hydrogen (secondary N) is 1. The van der Waals surface area contributed by atoms with Crippen molar-refractivity contribution in [3.05, 3.63) is 64.5 Å². The Labute approximate surface area is 188 Å². The first-order chi connectivity index (χ1) is 15.9. The number of benzene rings is 2. The van der Waals surface area contributed by atoms with Crippen molar-refractivity contribution in [3.8, 4) is 22.7 Å². The van der Waals surface area contributed by atoms with Crippen molar-refractivity contribution in [2.75, 3.05) is 45.2 Å². The smallest absolute Gasteiger partial charge is 0.273 e. The quantitative estimate of drug-likeness (QED) is 0.513. The van der Waals surface area contributed by atoms with Crippen molar-refractivity contribution in [1.29, 1.82) is 0 Å². The van der Waals surface area contributed by atoms with E-state index in [1.54, 1.807) is 0 Å². The minimum absolute atomic E-state index is 0.136. The van der Waals surface area contributed by atoms with E-state index in [2.05, 4.69) is 32.1 Å². The van der Waals surface area contributed by atoms with E-state index in [0.29, 0.717) is 22.8 Å². The number of aromatic nitrogens is 4. The molecule has 0 saturated carbocycles. The van der Waals surface area contributed by atoms with Crippen LogP contribution in [-0.2, 0) is 0 Å². The molecule has 4 aromatic rings. The number of ether oxygens (including phenoxy) is 1. The van der Waals surface area contributed by atoms with Gasteiger partial charge in [0.1, 0.15) is 22.7 Å². The predicted octanol–water partition coefficient (Wildman–Crippen LogP) is 2.81. The van der Waals surface area contributed by atoms with Crippen molar-refractivity contribution in [2.24, 2.45) is 0 Å². The molecule has 0 bridgehead atoms. The SMILES string of the molecule is COc1cc(F)cc(F)c1-n1nc2c(-c3ccc(N4CCN(C)CC4)cc3)n[nH]c2cc1=O. The summed E-state index contributed by atoms with van der Waals surface area (Å²) in [7, 11) is 3.38. The molecule has 170 valence electrons. The van der Waals surface area contributed by atoms with Gasteiger partial charge in [-0.15, -0.1) is 0 Å². The maximum Gasteiger partial charge on any atom is 0.273 e. The molecule has 0 atom stereocenters. The van der Waals surface area contributed by atoms with Gasteiger partial charge in [0, 0.05) is 55.6 Å². The third-order valence-corrected chi connectivity index (χ3v) is 5.88. The molecule has 1 saturated heterocycles. The van der Waals surface area contributed by atoms with E-state index in [4.69, 9.17) is 4.74 Å². The first kappa shape index (κ1) is 21.1. The Hall–Kier alpha value is -3.79. The zero-order valence-corrected chi connectivity index (χ0v) is 18.2. The van der Waals surface area contributed by atoms with E-state index < -0.39 is 17.2 Å². The van der Waals surface area contributed by atoms with Gasteiger partial charge in [-0.2, -0.15) is 14.9 Å². The highest BCUT2D eigenvalue weighted by molar-refractivity contribution is 5.89. The van der Waals surface area contributed by atoms with Crippen LogP contribution in [0.4, 0.5) is 14.5 Å². The average molecular weight is 452 g/mol. The highest BCUT2D eigenvalue weighted by Crippen LogP contribution is 2.29. The molecule has 1 aliphatic rings. The largest absolute Gasteiger partial charge is 0.494 e. The number of hydrogen-bond acceptors (Lipinski definition) is 6. The zero-order chi connectivity index (χ0) is 23.1. The van der Waals surface area contributed by atoms with E-state index in [1.165, 1.54) is 13.2 Å². The van der Waals surface area contributed by atoms with Gasteiger partial charge in [-0.3, -0.25) is 9.89 Å². The van der Waals surface area contributed by atoms with Crippen LogP contribution in [0.5, 0.6) is 5.75 Å². The van der Waals surface area contributed by atoms with Gasteiger partial charge in [-0.05, 0) is 19.2 Å². The molecule has 1 fully saturated rings. The molecule has 5 rings (SSSR count). The fourth-order valence-corrected chi connectivity index (χ4v) is 4.05. The van der Waals surface area contributed by atoms with Crippen LogP contribution in [0.3, 0.4) is 0 Å². The van der Waals surface area contributed by atoms with Crippen LogP contribution in [0, 0.1) is 11.6 Å². The van der Waals surface area contributed by atoms with E-state index in [0.717, 1.165) is 48.2 Å². The average Bonchev–Trinajstić information content (AvgIpc) is 3.21. The Balaban J connectivity index is 1.56. The number of aromatic amines is 1. The second kappa shape index (κ2) is 8.28. The summed E-state index contributed by atoms with van der Waals surface area (Å²) in [6.45, 7) is 3.94. The molecule has 10 heteroatoms. The highest BCUT2D eigenvalue weighted by Gasteiger charge is 2.20. The molecule has 0 aliphatic carbocycles. The fourth-order valence-electron chi connectivity index (χ4n) is 4.05. The van der Waals surface area contributed by atoms with Gasteiger partial charge in [0.2, 0.25) is 0 Å². The van der Waals surface area contributed by atoms with Crippen molar-refractivity contribution in [3.63, 3.8) is 0 Å². The van der Waals surface area contributed by atoms with E-state index in [9.17, 15) is 13.6 Å². The summed E-state index contributed by atoms with van der Waals surface area (Å²) in [6, 6.07) is 10.9. The lowest BCUT2D eigenvalue weighted by molar-refractivity contribution is 0.313. The van der Waals surface area contributed by atoms with Gasteiger partial charge >= 0.3 is 0 Å². The number of likely N-dealkylation sites (N-methyl/N-ethyl adjacent to an activating group) is 1. The summed E-state index contributed by atoms with van der Waals surface area (Å²) in [5.74, 6) is -1.91. The molecule has 0 amide bonds. The number of rotatable bonds is 4. The third kappa shape index (κ3) is 3.82. The maximum absolute atomic E-state index is 14.6. The maximum atomic E-state index is 14.6. The number of anilines is 1. The number of halogens is 2. The lowest BCUT2D eigenvalue weighted by atomic mass is 10.1. The summed E-state index contributed by atoms with van der Waals surface area (Å²) in [6.07, 6.45) is 0. The molecule has 33 heavy (non-hydrogen) atoms. The molecule has 0 unspecified atom stereocenters. The molecule has 3 heterocycles. The molecule has 1 aliphatic heterocycles. The van der Waals surface area contributed by atoms with Crippen molar-refractivity contribution < 1.29 is 13.5 Å². The predicted molar refractivity (Wildman–Crippen MR) is 121 cm³/mol. The molecule has 0 radical (unpaired) electrons. The second-order valence-electron chi connectivity index (χ2n) is 8.00. The Morgan fingerprint density at radius 1 is 1.03 bits per heavy atom. The molecule has 2 aromatic carbocycles. The number of piperazine rings is 1. The Morgan fingerprint density at radius 2 is 1.76 bits per heavy atom. The van der Waals surface area contributed by atoms with Crippen LogP contribution in [-0.4, -0.2) is 65.2 Å². The van der Waals surface area contributed by atoms with Crippen LogP contribution in [0.25, 0.3) is 28.0 Å². The second-order valence-corrected chi connectivity index (χ2v) is 8.00. The molecule has 0 spiro atoms. The summed E-state index contributed by atoms with van der Waals surface area (Å²) < 4.78 is 34.2. The minimum Gasteiger partial charge on any atom is -0.494 e. The zero-order valence-electron chi connectivity index (χ0n) is 18.2. The molecular weight excluding hydrogens is 430 g/mol. The number of nitrogens with zero attached hydrogens (tertiary/aromatic N) is 5. The minimum atomic E-state index is -0.956. The van der Waals surface area contributed by atoms with Crippen LogP contribution in [0.2, 0.25) is 0 Å². The monoisotopic (exact) mass is 452 g/mol. The molecule has 1 N–H and O–H groups in total. The number of hydrogen-bond donors (Lipinski definition) is 1. The first-order valence-electron chi connectivity index (χ1n) is 10.5. The Bertz CT molecular complexity index is 1370. The number of methoxy groups -OCH3 is 1. The Morgan fingerprint density at radius 3 is 2.45 bits per heavy atom. The van der Waals surface area contributed by atoms with Gasteiger partial charge in [-0.1, -0.05) is 12.1 Å². The molecule has 8 nitrogen and oxygen atoms in total. The summed E-state index contributed by atoms with van der Waals surface area (Å²) >= 11 is 0. The van der Waals surface area contributed by atoms with Crippen molar-refractivity contribution in [2.45, 2.75) is 0 Å². The van der Waals surface area contributed by atoms with Gasteiger partial charge in [-0.25, -0.2) is 8.78 Å². The Kier molecular flexibility index (Phi) is 5.29. The van der Waals surface area contributed by atoms with Gasteiger partial charge in [0.15, 0.2) is 11.6 Å². The summed E-state index contributed by atoms with van der Waals surface area (Å²) in [4.78, 5) is 17.3. The molecule has 2 aromatic heterocycles. The van der Waals surface area contributed by atoms with Crippen molar-refractivity contribution >= 4 is 16.7 Å². The summed E-state index contributed by atoms with van der Waals surface area (Å²) in [5, 5.41) is 11.5. The van der Waals surface area contributed by atoms with Gasteiger partial charge < -0.3 is 14.5 Å². The normalized spacial score (nSPS) is 14.7. The standard InChI is InChI=1S/C23H22F2N6O2/c1-29-7-9-30(10-8-29)16-5-3-14(4-6-16)21-22-18(26-27-21)13-20(32)31(28-22)23-17(25)11-15(24)12-19(23)33-2/h3-6,11-13,26H,7-10H2,1-2H3. The van der Waals surface area contributed by atoms with Crippen LogP contribution in [0.1, 0.15) is 0 Å².